The predicted octanol–water partition coefficient (Wildman–Crippen LogP) is 1.20. The molecule has 0 spiro atoms. The molecule has 100 valence electrons. The fraction of sp³-hybridized carbons (Fsp3) is 0.0714. The molecule has 3 aromatic rings. The Morgan fingerprint density at radius 2 is 1.90 bits per heavy atom. The maximum Gasteiger partial charge on any atom is 0.302 e. The van der Waals surface area contributed by atoms with E-state index >= 15 is 0 Å². The third-order valence-corrected chi connectivity index (χ3v) is 2.92. The van der Waals surface area contributed by atoms with Crippen molar-refractivity contribution < 1.29 is 4.42 Å². The molecule has 6 heteroatoms. The highest BCUT2D eigenvalue weighted by atomic mass is 16.3. The quantitative estimate of drug-likeness (QED) is 0.721. The molecular weight excluding hydrogens is 256 g/mol. The molecule has 20 heavy (non-hydrogen) atoms. The largest absolute Gasteiger partial charge is 0.462 e. The van der Waals surface area contributed by atoms with E-state index in [0.717, 1.165) is 10.2 Å². The van der Waals surface area contributed by atoms with Crippen molar-refractivity contribution >= 4 is 0 Å². The van der Waals surface area contributed by atoms with Gasteiger partial charge in [-0.15, -0.1) is 10.2 Å². The SMILES string of the molecule is Nn1c(Cc2ccccc2)nnc(-c2ccco2)c1=O. The van der Waals surface area contributed by atoms with Crippen LogP contribution in [0, 0.1) is 0 Å². The molecule has 0 atom stereocenters. The van der Waals surface area contributed by atoms with Crippen LogP contribution in [0.4, 0.5) is 0 Å². The van der Waals surface area contributed by atoms with Gasteiger partial charge in [0.2, 0.25) is 0 Å². The Kier molecular flexibility index (Phi) is 3.04. The highest BCUT2D eigenvalue weighted by molar-refractivity contribution is 5.49. The molecule has 0 fully saturated rings. The Balaban J connectivity index is 1.99. The minimum absolute atomic E-state index is 0.106. The van der Waals surface area contributed by atoms with Crippen molar-refractivity contribution in [3.63, 3.8) is 0 Å². The van der Waals surface area contributed by atoms with E-state index in [0.29, 0.717) is 18.0 Å². The zero-order valence-electron chi connectivity index (χ0n) is 10.6. The van der Waals surface area contributed by atoms with Gasteiger partial charge in [0.25, 0.3) is 0 Å². The summed E-state index contributed by atoms with van der Waals surface area (Å²) in [5.74, 6) is 6.55. The van der Waals surface area contributed by atoms with Gasteiger partial charge in [0, 0.05) is 6.42 Å². The van der Waals surface area contributed by atoms with Crippen LogP contribution in [-0.4, -0.2) is 14.9 Å². The predicted molar refractivity (Wildman–Crippen MR) is 73.4 cm³/mol. The lowest BCUT2D eigenvalue weighted by Crippen LogP contribution is -2.33. The zero-order chi connectivity index (χ0) is 13.9. The van der Waals surface area contributed by atoms with Gasteiger partial charge in [-0.25, -0.2) is 4.68 Å². The molecule has 1 aromatic carbocycles. The maximum atomic E-state index is 12.2. The van der Waals surface area contributed by atoms with Crippen LogP contribution in [0.3, 0.4) is 0 Å². The normalized spacial score (nSPS) is 10.6. The smallest absolute Gasteiger partial charge is 0.302 e. The van der Waals surface area contributed by atoms with E-state index in [1.165, 1.54) is 6.26 Å². The molecule has 0 aliphatic rings. The Hall–Kier alpha value is -2.89. The van der Waals surface area contributed by atoms with E-state index in [4.69, 9.17) is 10.3 Å². The lowest BCUT2D eigenvalue weighted by molar-refractivity contribution is 0.574. The summed E-state index contributed by atoms with van der Waals surface area (Å²) in [6.45, 7) is 0. The van der Waals surface area contributed by atoms with Crippen molar-refractivity contribution in [2.24, 2.45) is 0 Å². The average molecular weight is 268 g/mol. The highest BCUT2D eigenvalue weighted by Crippen LogP contribution is 2.12. The van der Waals surface area contributed by atoms with Crippen molar-refractivity contribution in [2.45, 2.75) is 6.42 Å². The molecule has 6 nitrogen and oxygen atoms in total. The Labute approximate surface area is 114 Å². The first-order chi connectivity index (χ1) is 9.75. The molecule has 3 rings (SSSR count). The van der Waals surface area contributed by atoms with Gasteiger partial charge < -0.3 is 10.3 Å². The van der Waals surface area contributed by atoms with Gasteiger partial charge in [0.05, 0.1) is 6.26 Å². The summed E-state index contributed by atoms with van der Waals surface area (Å²) in [5, 5.41) is 7.94. The third-order valence-electron chi connectivity index (χ3n) is 2.92. The standard InChI is InChI=1S/C14H12N4O2/c15-18-12(9-10-5-2-1-3-6-10)16-17-13(14(18)19)11-7-4-8-20-11/h1-8H,9,15H2. The molecule has 0 saturated carbocycles. The number of benzene rings is 1. The second kappa shape index (κ2) is 5.00. The third kappa shape index (κ3) is 2.18. The first-order valence-electron chi connectivity index (χ1n) is 6.07. The van der Waals surface area contributed by atoms with Crippen LogP contribution in [0.5, 0.6) is 0 Å². The fourth-order valence-electron chi connectivity index (χ4n) is 1.90. The second-order valence-corrected chi connectivity index (χ2v) is 4.28. The van der Waals surface area contributed by atoms with Gasteiger partial charge in [0.1, 0.15) is 0 Å². The first-order valence-corrected chi connectivity index (χ1v) is 6.07. The number of nitrogens with zero attached hydrogens (tertiary/aromatic N) is 3. The molecule has 0 radical (unpaired) electrons. The number of nitrogens with two attached hydrogens (primary N) is 1. The monoisotopic (exact) mass is 268 g/mol. The summed E-state index contributed by atoms with van der Waals surface area (Å²) in [4.78, 5) is 12.2. The number of hydrogen-bond donors (Lipinski definition) is 1. The molecule has 0 aliphatic carbocycles. The first kappa shape index (κ1) is 12.2. The van der Waals surface area contributed by atoms with E-state index in [1.807, 2.05) is 30.3 Å². The van der Waals surface area contributed by atoms with Crippen LogP contribution in [0.25, 0.3) is 11.5 Å². The summed E-state index contributed by atoms with van der Waals surface area (Å²) >= 11 is 0. The van der Waals surface area contributed by atoms with Crippen LogP contribution < -0.4 is 11.4 Å². The maximum absolute atomic E-state index is 12.2. The summed E-state index contributed by atoms with van der Waals surface area (Å²) in [7, 11) is 0. The molecule has 0 aliphatic heterocycles. The fourth-order valence-corrected chi connectivity index (χ4v) is 1.90. The van der Waals surface area contributed by atoms with Crippen molar-refractivity contribution in [1.82, 2.24) is 14.9 Å². The van der Waals surface area contributed by atoms with Crippen LogP contribution in [0.15, 0.2) is 57.9 Å². The zero-order valence-corrected chi connectivity index (χ0v) is 10.6. The topological polar surface area (TPSA) is 86.9 Å². The average Bonchev–Trinajstić information content (AvgIpc) is 2.99. The number of rotatable bonds is 3. The number of nitrogen functional groups attached to an aromatic ring is 1. The van der Waals surface area contributed by atoms with E-state index < -0.39 is 5.56 Å². The van der Waals surface area contributed by atoms with Gasteiger partial charge in [-0.2, -0.15) is 0 Å². The van der Waals surface area contributed by atoms with E-state index in [9.17, 15) is 4.79 Å². The molecule has 2 heterocycles. The molecule has 0 amide bonds. The van der Waals surface area contributed by atoms with Crippen LogP contribution in [-0.2, 0) is 6.42 Å². The lowest BCUT2D eigenvalue weighted by Gasteiger charge is -2.06. The van der Waals surface area contributed by atoms with Gasteiger partial charge in [-0.1, -0.05) is 30.3 Å². The van der Waals surface area contributed by atoms with E-state index in [2.05, 4.69) is 10.2 Å². The van der Waals surface area contributed by atoms with Gasteiger partial charge in [-0.3, -0.25) is 4.79 Å². The minimum atomic E-state index is -0.430. The summed E-state index contributed by atoms with van der Waals surface area (Å²) in [5.41, 5.74) is 0.682. The number of hydrogen-bond acceptors (Lipinski definition) is 5. The molecule has 0 saturated heterocycles. The molecular formula is C14H12N4O2. The summed E-state index contributed by atoms with van der Waals surface area (Å²) in [6, 6.07) is 12.9. The number of furan rings is 1. The second-order valence-electron chi connectivity index (χ2n) is 4.28. The minimum Gasteiger partial charge on any atom is -0.462 e. The molecule has 0 bridgehead atoms. The van der Waals surface area contributed by atoms with Crippen molar-refractivity contribution in [3.05, 3.63) is 70.5 Å². The van der Waals surface area contributed by atoms with Gasteiger partial charge in [0.15, 0.2) is 17.3 Å². The van der Waals surface area contributed by atoms with Crippen molar-refractivity contribution in [3.8, 4) is 11.5 Å². The Morgan fingerprint density at radius 3 is 2.60 bits per heavy atom. The Morgan fingerprint density at radius 1 is 1.10 bits per heavy atom. The number of aromatic nitrogens is 3. The summed E-state index contributed by atoms with van der Waals surface area (Å²) < 4.78 is 6.15. The van der Waals surface area contributed by atoms with Crippen LogP contribution in [0.2, 0.25) is 0 Å². The molecule has 2 N–H and O–H groups in total. The van der Waals surface area contributed by atoms with Gasteiger partial charge >= 0.3 is 5.56 Å². The highest BCUT2D eigenvalue weighted by Gasteiger charge is 2.14. The Bertz CT molecular complexity index is 764. The van der Waals surface area contributed by atoms with Crippen LogP contribution in [0.1, 0.15) is 11.4 Å². The van der Waals surface area contributed by atoms with Crippen molar-refractivity contribution in [2.75, 3.05) is 5.84 Å². The molecule has 0 unspecified atom stereocenters. The summed E-state index contributed by atoms with van der Waals surface area (Å²) in [6.07, 6.45) is 1.91. The van der Waals surface area contributed by atoms with Crippen molar-refractivity contribution in [1.29, 1.82) is 0 Å². The van der Waals surface area contributed by atoms with E-state index in [-0.39, 0.29) is 5.69 Å². The van der Waals surface area contributed by atoms with E-state index in [1.54, 1.807) is 12.1 Å². The van der Waals surface area contributed by atoms with Gasteiger partial charge in [-0.05, 0) is 17.7 Å². The lowest BCUT2D eigenvalue weighted by atomic mass is 10.1. The van der Waals surface area contributed by atoms with Crippen LogP contribution >= 0.6 is 0 Å². The molecule has 2 aromatic heterocycles.